The molecule has 2 amide bonds. The summed E-state index contributed by atoms with van der Waals surface area (Å²) in [5.41, 5.74) is 2.22. The minimum absolute atomic E-state index is 0.0439. The van der Waals surface area contributed by atoms with E-state index in [0.29, 0.717) is 12.0 Å². The molecule has 3 aliphatic heterocycles. The summed E-state index contributed by atoms with van der Waals surface area (Å²) in [6, 6.07) is 20.7. The van der Waals surface area contributed by atoms with Crippen LogP contribution in [0.15, 0.2) is 60.7 Å². The molecule has 2 aromatic carbocycles. The van der Waals surface area contributed by atoms with Crippen molar-refractivity contribution in [2.24, 2.45) is 5.92 Å². The average molecular weight is 335 g/mol. The fourth-order valence-corrected chi connectivity index (χ4v) is 4.12. The highest BCUT2D eigenvalue weighted by atomic mass is 16.2. The van der Waals surface area contributed by atoms with Gasteiger partial charge in [0.1, 0.15) is 0 Å². The molecule has 2 aromatic rings. The van der Waals surface area contributed by atoms with Gasteiger partial charge in [0, 0.05) is 37.9 Å². The number of hydrogen-bond donors (Lipinski definition) is 1. The van der Waals surface area contributed by atoms with E-state index in [1.165, 1.54) is 12.0 Å². The van der Waals surface area contributed by atoms with Crippen molar-refractivity contribution < 1.29 is 4.79 Å². The topological polar surface area (TPSA) is 35.6 Å². The molecular weight excluding hydrogens is 310 g/mol. The van der Waals surface area contributed by atoms with Crippen LogP contribution in [0.4, 0.5) is 10.5 Å². The van der Waals surface area contributed by atoms with Crippen LogP contribution in [0.3, 0.4) is 0 Å². The molecule has 0 aromatic heterocycles. The highest BCUT2D eigenvalue weighted by Gasteiger charge is 2.37. The molecule has 3 saturated heterocycles. The van der Waals surface area contributed by atoms with Crippen molar-refractivity contribution in [2.45, 2.75) is 25.4 Å². The largest absolute Gasteiger partial charge is 0.322 e. The molecule has 2 atom stereocenters. The number of fused-ring (bicyclic) bond motifs is 4. The Morgan fingerprint density at radius 3 is 2.40 bits per heavy atom. The molecule has 2 bridgehead atoms. The van der Waals surface area contributed by atoms with Gasteiger partial charge in [0.05, 0.1) is 0 Å². The lowest BCUT2D eigenvalue weighted by atomic mass is 9.95. The molecule has 25 heavy (non-hydrogen) atoms. The van der Waals surface area contributed by atoms with Crippen LogP contribution in [0.2, 0.25) is 0 Å². The number of urea groups is 1. The fourth-order valence-electron chi connectivity index (χ4n) is 4.12. The van der Waals surface area contributed by atoms with Gasteiger partial charge in [-0.1, -0.05) is 48.5 Å². The van der Waals surface area contributed by atoms with Gasteiger partial charge < -0.3 is 10.2 Å². The van der Waals surface area contributed by atoms with E-state index in [-0.39, 0.29) is 6.03 Å². The molecule has 0 saturated carbocycles. The van der Waals surface area contributed by atoms with E-state index in [1.807, 2.05) is 30.3 Å². The number of rotatable bonds is 3. The third kappa shape index (κ3) is 3.85. The van der Waals surface area contributed by atoms with Crippen LogP contribution in [-0.2, 0) is 6.54 Å². The monoisotopic (exact) mass is 335 g/mol. The van der Waals surface area contributed by atoms with Crippen LogP contribution in [-0.4, -0.2) is 41.5 Å². The minimum atomic E-state index is 0.0439. The molecule has 3 fully saturated rings. The predicted molar refractivity (Wildman–Crippen MR) is 100 cm³/mol. The molecule has 0 radical (unpaired) electrons. The van der Waals surface area contributed by atoms with Crippen molar-refractivity contribution in [1.82, 2.24) is 9.80 Å². The number of carbonyl (C=O) groups excluding carboxylic acids is 1. The Morgan fingerprint density at radius 2 is 1.64 bits per heavy atom. The van der Waals surface area contributed by atoms with Crippen molar-refractivity contribution >= 4 is 11.7 Å². The molecule has 1 N–H and O–H groups in total. The van der Waals surface area contributed by atoms with Gasteiger partial charge in [-0.2, -0.15) is 0 Å². The van der Waals surface area contributed by atoms with Gasteiger partial charge in [-0.3, -0.25) is 4.90 Å². The molecule has 4 heteroatoms. The zero-order valence-electron chi connectivity index (χ0n) is 14.5. The van der Waals surface area contributed by atoms with E-state index < -0.39 is 0 Å². The summed E-state index contributed by atoms with van der Waals surface area (Å²) in [6.07, 6.45) is 2.34. The molecule has 3 heterocycles. The van der Waals surface area contributed by atoms with Gasteiger partial charge in [-0.15, -0.1) is 0 Å². The summed E-state index contributed by atoms with van der Waals surface area (Å²) in [5.74, 6) is 0.573. The van der Waals surface area contributed by atoms with E-state index >= 15 is 0 Å². The third-order valence-electron chi connectivity index (χ3n) is 5.32. The molecular formula is C21H25N3O. The lowest BCUT2D eigenvalue weighted by molar-refractivity contribution is 0.151. The normalized spacial score (nSPS) is 23.3. The zero-order valence-corrected chi connectivity index (χ0v) is 14.5. The van der Waals surface area contributed by atoms with Crippen molar-refractivity contribution in [3.8, 4) is 0 Å². The number of para-hydroxylation sites is 1. The second-order valence-electron chi connectivity index (χ2n) is 7.23. The summed E-state index contributed by atoms with van der Waals surface area (Å²) in [7, 11) is 0. The van der Waals surface area contributed by atoms with E-state index in [2.05, 4.69) is 45.4 Å². The highest BCUT2D eigenvalue weighted by molar-refractivity contribution is 5.89. The first-order chi connectivity index (χ1) is 12.3. The number of anilines is 1. The van der Waals surface area contributed by atoms with Gasteiger partial charge in [0.15, 0.2) is 0 Å². The Kier molecular flexibility index (Phi) is 4.70. The average Bonchev–Trinajstić information content (AvgIpc) is 2.94. The SMILES string of the molecule is O=C(Nc1ccccc1)N1C[C@H]2CC[C@@H]1CN(Cc1ccccc1)C2. The summed E-state index contributed by atoms with van der Waals surface area (Å²) in [5, 5.41) is 3.06. The lowest BCUT2D eigenvalue weighted by Gasteiger charge is -2.36. The quantitative estimate of drug-likeness (QED) is 0.926. The number of nitrogens with one attached hydrogen (secondary N) is 1. The second-order valence-corrected chi connectivity index (χ2v) is 7.23. The smallest absolute Gasteiger partial charge is 0.320 e. The number of benzene rings is 2. The fraction of sp³-hybridized carbons (Fsp3) is 0.381. The molecule has 0 aliphatic carbocycles. The molecule has 3 aliphatic rings. The van der Waals surface area contributed by atoms with Gasteiger partial charge in [0.25, 0.3) is 0 Å². The van der Waals surface area contributed by atoms with Crippen LogP contribution in [0.25, 0.3) is 0 Å². The van der Waals surface area contributed by atoms with Crippen LogP contribution in [0.5, 0.6) is 0 Å². The Balaban J connectivity index is 1.43. The highest BCUT2D eigenvalue weighted by Crippen LogP contribution is 2.29. The van der Waals surface area contributed by atoms with Gasteiger partial charge in [-0.05, 0) is 36.5 Å². The summed E-state index contributed by atoms with van der Waals surface area (Å²) >= 11 is 0. The van der Waals surface area contributed by atoms with E-state index in [1.54, 1.807) is 0 Å². The molecule has 130 valence electrons. The Labute approximate surface area is 149 Å². The maximum Gasteiger partial charge on any atom is 0.322 e. The van der Waals surface area contributed by atoms with Crippen molar-refractivity contribution in [2.75, 3.05) is 25.0 Å². The summed E-state index contributed by atoms with van der Waals surface area (Å²) < 4.78 is 0. The molecule has 0 unspecified atom stereocenters. The maximum absolute atomic E-state index is 12.8. The van der Waals surface area contributed by atoms with E-state index in [0.717, 1.165) is 38.3 Å². The van der Waals surface area contributed by atoms with Crippen LogP contribution >= 0.6 is 0 Å². The molecule has 0 spiro atoms. The standard InChI is InChI=1S/C21H25N3O/c25-21(22-19-9-5-2-6-10-19)24-15-18-11-12-20(24)16-23(14-18)13-17-7-3-1-4-8-17/h1-10,18,20H,11-16H2,(H,22,25)/t18-,20+/m0/s1. The first kappa shape index (κ1) is 16.2. The first-order valence-electron chi connectivity index (χ1n) is 9.17. The first-order valence-corrected chi connectivity index (χ1v) is 9.17. The molecule has 4 nitrogen and oxygen atoms in total. The van der Waals surface area contributed by atoms with Crippen LogP contribution in [0, 0.1) is 5.92 Å². The van der Waals surface area contributed by atoms with Crippen LogP contribution < -0.4 is 5.32 Å². The maximum atomic E-state index is 12.8. The number of amides is 2. The number of piperidine rings is 1. The second kappa shape index (κ2) is 7.28. The zero-order chi connectivity index (χ0) is 17.1. The van der Waals surface area contributed by atoms with Crippen molar-refractivity contribution in [3.63, 3.8) is 0 Å². The summed E-state index contributed by atoms with van der Waals surface area (Å²) in [4.78, 5) is 17.4. The van der Waals surface area contributed by atoms with E-state index in [9.17, 15) is 4.79 Å². The number of hydrogen-bond acceptors (Lipinski definition) is 2. The summed E-state index contributed by atoms with van der Waals surface area (Å²) in [6.45, 7) is 3.89. The van der Waals surface area contributed by atoms with Gasteiger partial charge >= 0.3 is 6.03 Å². The van der Waals surface area contributed by atoms with Crippen molar-refractivity contribution in [3.05, 3.63) is 66.2 Å². The Hall–Kier alpha value is -2.33. The van der Waals surface area contributed by atoms with Crippen molar-refractivity contribution in [1.29, 1.82) is 0 Å². The van der Waals surface area contributed by atoms with Crippen LogP contribution in [0.1, 0.15) is 18.4 Å². The van der Waals surface area contributed by atoms with Gasteiger partial charge in [-0.25, -0.2) is 4.79 Å². The minimum Gasteiger partial charge on any atom is -0.320 e. The Bertz CT molecular complexity index is 704. The van der Waals surface area contributed by atoms with Gasteiger partial charge in [0.2, 0.25) is 0 Å². The predicted octanol–water partition coefficient (Wildman–Crippen LogP) is 3.81. The molecule has 5 rings (SSSR count). The Morgan fingerprint density at radius 1 is 0.920 bits per heavy atom. The number of carbonyl (C=O) groups is 1. The number of nitrogens with zero attached hydrogens (tertiary/aromatic N) is 2. The van der Waals surface area contributed by atoms with E-state index in [4.69, 9.17) is 0 Å². The third-order valence-corrected chi connectivity index (χ3v) is 5.32. The lowest BCUT2D eigenvalue weighted by Crippen LogP contribution is -2.49.